The summed E-state index contributed by atoms with van der Waals surface area (Å²) in [6.45, 7) is -0.510. The third kappa shape index (κ3) is 4.78. The summed E-state index contributed by atoms with van der Waals surface area (Å²) in [7, 11) is 2.40. The summed E-state index contributed by atoms with van der Waals surface area (Å²) in [5.74, 6) is -1.17. The van der Waals surface area contributed by atoms with E-state index in [1.807, 2.05) is 0 Å². The van der Waals surface area contributed by atoms with Gasteiger partial charge in [0.2, 0.25) is 6.41 Å². The van der Waals surface area contributed by atoms with Crippen LogP contribution in [0, 0.1) is 0 Å². The van der Waals surface area contributed by atoms with Crippen molar-refractivity contribution in [3.8, 4) is 0 Å². The number of ether oxygens (including phenoxy) is 2. The number of hydrogen-bond acceptors (Lipinski definition) is 5. The fourth-order valence-corrected chi connectivity index (χ4v) is 0.591. The second-order valence-corrected chi connectivity index (χ2v) is 2.16. The van der Waals surface area contributed by atoms with Gasteiger partial charge >= 0.3 is 11.9 Å². The Bertz CT molecular complexity index is 185. The Balaban J connectivity index is 3.96. The number of hydrogen-bond donors (Lipinski definition) is 0. The number of amides is 1. The van der Waals surface area contributed by atoms with E-state index in [0.717, 1.165) is 4.90 Å². The van der Waals surface area contributed by atoms with Crippen LogP contribution in [0.1, 0.15) is 0 Å². The van der Waals surface area contributed by atoms with Gasteiger partial charge in [-0.05, 0) is 0 Å². The molecule has 0 aromatic carbocycles. The number of carbonyl (C=O) groups excluding carboxylic acids is 3. The summed E-state index contributed by atoms with van der Waals surface area (Å²) in [4.78, 5) is 32.6. The first kappa shape index (κ1) is 11.4. The highest BCUT2D eigenvalue weighted by Crippen LogP contribution is 1.86. The molecule has 0 fully saturated rings. The van der Waals surface area contributed by atoms with Gasteiger partial charge in [0.15, 0.2) is 0 Å². The number of rotatable bonds is 5. The van der Waals surface area contributed by atoms with E-state index in [9.17, 15) is 14.4 Å². The third-order valence-electron chi connectivity index (χ3n) is 1.27. The van der Waals surface area contributed by atoms with E-state index in [4.69, 9.17) is 0 Å². The van der Waals surface area contributed by atoms with Gasteiger partial charge in [0.05, 0.1) is 14.2 Å². The minimum absolute atomic E-state index is 0.255. The highest BCUT2D eigenvalue weighted by Gasteiger charge is 2.12. The molecule has 1 amide bonds. The summed E-state index contributed by atoms with van der Waals surface area (Å²) < 4.78 is 8.61. The molecule has 0 aromatic heterocycles. The van der Waals surface area contributed by atoms with E-state index in [0.29, 0.717) is 6.41 Å². The van der Waals surface area contributed by atoms with Crippen molar-refractivity contribution in [2.24, 2.45) is 0 Å². The molecular formula is C7H11NO5. The van der Waals surface area contributed by atoms with Crippen molar-refractivity contribution in [3.63, 3.8) is 0 Å². The minimum atomic E-state index is -0.587. The first-order chi connectivity index (χ1) is 6.13. The van der Waals surface area contributed by atoms with Crippen LogP contribution in [0.4, 0.5) is 0 Å². The second kappa shape index (κ2) is 5.99. The molecule has 0 aliphatic heterocycles. The van der Waals surface area contributed by atoms with Crippen molar-refractivity contribution in [2.75, 3.05) is 27.3 Å². The lowest BCUT2D eigenvalue weighted by molar-refractivity contribution is -0.148. The van der Waals surface area contributed by atoms with Crippen LogP contribution in [0.25, 0.3) is 0 Å². The summed E-state index contributed by atoms with van der Waals surface area (Å²) in [6, 6.07) is 0. The minimum Gasteiger partial charge on any atom is -0.468 e. The van der Waals surface area contributed by atoms with Crippen LogP contribution in [-0.4, -0.2) is 50.6 Å². The van der Waals surface area contributed by atoms with Crippen LogP contribution >= 0.6 is 0 Å². The quantitative estimate of drug-likeness (QED) is 0.401. The van der Waals surface area contributed by atoms with Gasteiger partial charge in [-0.3, -0.25) is 14.4 Å². The SMILES string of the molecule is COC(=O)CN(C=O)CC(=O)OC. The van der Waals surface area contributed by atoms with Gasteiger partial charge in [-0.25, -0.2) is 0 Å². The molecule has 0 aliphatic carbocycles. The molecule has 0 saturated carbocycles. The fraction of sp³-hybridized carbons (Fsp3) is 0.571. The van der Waals surface area contributed by atoms with Gasteiger partial charge in [0, 0.05) is 0 Å². The molecule has 0 atom stereocenters. The molecule has 0 radical (unpaired) electrons. The second-order valence-electron chi connectivity index (χ2n) is 2.16. The van der Waals surface area contributed by atoms with E-state index < -0.39 is 11.9 Å². The van der Waals surface area contributed by atoms with E-state index in [-0.39, 0.29) is 13.1 Å². The van der Waals surface area contributed by atoms with E-state index in [1.165, 1.54) is 14.2 Å². The Hall–Kier alpha value is -1.59. The molecule has 0 heterocycles. The summed E-state index contributed by atoms with van der Waals surface area (Å²) >= 11 is 0. The number of nitrogens with zero attached hydrogens (tertiary/aromatic N) is 1. The van der Waals surface area contributed by atoms with Crippen molar-refractivity contribution in [1.82, 2.24) is 4.90 Å². The van der Waals surface area contributed by atoms with E-state index in [1.54, 1.807) is 0 Å². The molecule has 74 valence electrons. The maximum Gasteiger partial charge on any atom is 0.325 e. The van der Waals surface area contributed by atoms with Gasteiger partial charge in [0.25, 0.3) is 0 Å². The lowest BCUT2D eigenvalue weighted by atomic mass is 10.5. The van der Waals surface area contributed by atoms with Gasteiger partial charge < -0.3 is 14.4 Å². The number of methoxy groups -OCH3 is 2. The normalized spacial score (nSPS) is 8.77. The Morgan fingerprint density at radius 1 is 1.15 bits per heavy atom. The number of esters is 2. The van der Waals surface area contributed by atoms with Crippen LogP contribution in [0.5, 0.6) is 0 Å². The highest BCUT2D eigenvalue weighted by molar-refractivity contribution is 5.78. The van der Waals surface area contributed by atoms with E-state index in [2.05, 4.69) is 9.47 Å². The van der Waals surface area contributed by atoms with Crippen molar-refractivity contribution in [1.29, 1.82) is 0 Å². The van der Waals surface area contributed by atoms with Gasteiger partial charge in [-0.15, -0.1) is 0 Å². The van der Waals surface area contributed by atoms with Crippen molar-refractivity contribution in [3.05, 3.63) is 0 Å². The van der Waals surface area contributed by atoms with Crippen molar-refractivity contribution >= 4 is 18.3 Å². The van der Waals surface area contributed by atoms with Crippen LogP contribution in [-0.2, 0) is 23.9 Å². The maximum absolute atomic E-state index is 10.7. The molecular weight excluding hydrogens is 178 g/mol. The van der Waals surface area contributed by atoms with Crippen LogP contribution in [0.15, 0.2) is 0 Å². The molecule has 6 nitrogen and oxygen atoms in total. The average Bonchev–Trinajstić information content (AvgIpc) is 2.16. The molecule has 13 heavy (non-hydrogen) atoms. The Morgan fingerprint density at radius 2 is 1.54 bits per heavy atom. The smallest absolute Gasteiger partial charge is 0.325 e. The van der Waals surface area contributed by atoms with Crippen LogP contribution in [0.2, 0.25) is 0 Å². The maximum atomic E-state index is 10.7. The molecule has 0 aliphatic rings. The predicted molar refractivity (Wildman–Crippen MR) is 41.7 cm³/mol. The van der Waals surface area contributed by atoms with Crippen molar-refractivity contribution in [2.45, 2.75) is 0 Å². The topological polar surface area (TPSA) is 72.9 Å². The van der Waals surface area contributed by atoms with Crippen molar-refractivity contribution < 1.29 is 23.9 Å². The van der Waals surface area contributed by atoms with Crippen LogP contribution in [0.3, 0.4) is 0 Å². The molecule has 0 spiro atoms. The molecule has 0 bridgehead atoms. The Labute approximate surface area is 75.4 Å². The summed E-state index contributed by atoms with van der Waals surface area (Å²) in [6.07, 6.45) is 0.383. The predicted octanol–water partition coefficient (Wildman–Crippen LogP) is -1.21. The fourth-order valence-electron chi connectivity index (χ4n) is 0.591. The molecule has 0 N–H and O–H groups in total. The van der Waals surface area contributed by atoms with Gasteiger partial charge in [-0.2, -0.15) is 0 Å². The lowest BCUT2D eigenvalue weighted by Gasteiger charge is -2.13. The zero-order valence-electron chi connectivity index (χ0n) is 7.48. The Kier molecular flexibility index (Phi) is 5.25. The molecule has 6 heteroatoms. The standard InChI is InChI=1S/C7H11NO5/c1-12-6(10)3-8(5-9)4-7(11)13-2/h5H,3-4H2,1-2H3. The Morgan fingerprint density at radius 3 is 1.77 bits per heavy atom. The van der Waals surface area contributed by atoms with Crippen LogP contribution < -0.4 is 0 Å². The first-order valence-corrected chi connectivity index (χ1v) is 3.47. The molecule has 0 unspecified atom stereocenters. The summed E-state index contributed by atoms with van der Waals surface area (Å²) in [5, 5.41) is 0. The zero-order chi connectivity index (χ0) is 10.3. The first-order valence-electron chi connectivity index (χ1n) is 3.47. The summed E-state index contributed by atoms with van der Waals surface area (Å²) in [5.41, 5.74) is 0. The monoisotopic (exact) mass is 189 g/mol. The average molecular weight is 189 g/mol. The molecule has 0 saturated heterocycles. The third-order valence-corrected chi connectivity index (χ3v) is 1.27. The van der Waals surface area contributed by atoms with E-state index >= 15 is 0 Å². The highest BCUT2D eigenvalue weighted by atomic mass is 16.5. The lowest BCUT2D eigenvalue weighted by Crippen LogP contribution is -2.34. The number of carbonyl (C=O) groups is 3. The van der Waals surface area contributed by atoms with Gasteiger partial charge in [-0.1, -0.05) is 0 Å². The molecule has 0 aromatic rings. The largest absolute Gasteiger partial charge is 0.468 e. The zero-order valence-corrected chi connectivity index (χ0v) is 7.48. The van der Waals surface area contributed by atoms with Gasteiger partial charge in [0.1, 0.15) is 13.1 Å². The molecule has 0 rings (SSSR count).